The number of likely N-dealkylation sites (tertiary alicyclic amines) is 1. The summed E-state index contributed by atoms with van der Waals surface area (Å²) in [6.45, 7) is 8.77. The Bertz CT molecular complexity index is 468. The van der Waals surface area contributed by atoms with Crippen molar-refractivity contribution < 1.29 is 9.59 Å². The average Bonchev–Trinajstić information content (AvgIpc) is 2.98. The van der Waals surface area contributed by atoms with E-state index >= 15 is 0 Å². The topological polar surface area (TPSA) is 64.7 Å². The van der Waals surface area contributed by atoms with Crippen molar-refractivity contribution in [2.24, 2.45) is 11.8 Å². The van der Waals surface area contributed by atoms with Crippen LogP contribution in [-0.2, 0) is 4.79 Å². The molecule has 0 unspecified atom stereocenters. The van der Waals surface area contributed by atoms with Gasteiger partial charge in [-0.2, -0.15) is 0 Å². The third-order valence-corrected chi connectivity index (χ3v) is 5.59. The highest BCUT2D eigenvalue weighted by Gasteiger charge is 2.39. The smallest absolute Gasteiger partial charge is 0.318 e. The molecule has 6 nitrogen and oxygen atoms in total. The van der Waals surface area contributed by atoms with E-state index in [2.05, 4.69) is 29.4 Å². The number of amides is 3. The molecule has 3 rings (SSSR count). The number of carbonyl (C=O) groups excluding carboxylic acids is 2. The summed E-state index contributed by atoms with van der Waals surface area (Å²) in [5.41, 5.74) is 0. The van der Waals surface area contributed by atoms with Gasteiger partial charge in [-0.1, -0.05) is 26.7 Å². The van der Waals surface area contributed by atoms with Gasteiger partial charge in [0.05, 0.1) is 6.04 Å². The van der Waals surface area contributed by atoms with Crippen LogP contribution in [0.2, 0.25) is 0 Å². The Balaban J connectivity index is 1.48. The first-order valence-corrected chi connectivity index (χ1v) is 9.59. The molecular formula is C18H32N4O2. The standard InChI is InChI=1S/C18H32N4O2/c1-13(2)10-21-8-7-14(11-21)9-19-18(24)22-12-17(23)20-15-5-3-4-6-16(15)22/h13-16H,3-12H2,1-2H3,(H,19,24)(H,20,23)/t14-,15-,16-/m1/s1. The fourth-order valence-corrected chi connectivity index (χ4v) is 4.49. The largest absolute Gasteiger partial charge is 0.350 e. The third-order valence-electron chi connectivity index (χ3n) is 5.59. The zero-order chi connectivity index (χ0) is 17.1. The van der Waals surface area contributed by atoms with Gasteiger partial charge in [0, 0.05) is 25.7 Å². The summed E-state index contributed by atoms with van der Waals surface area (Å²) in [4.78, 5) is 28.8. The molecule has 2 saturated heterocycles. The number of hydrogen-bond acceptors (Lipinski definition) is 3. The maximum absolute atomic E-state index is 12.6. The van der Waals surface area contributed by atoms with Crippen LogP contribution in [0.15, 0.2) is 0 Å². The average molecular weight is 336 g/mol. The highest BCUT2D eigenvalue weighted by Crippen LogP contribution is 2.26. The first-order valence-electron chi connectivity index (χ1n) is 9.59. The minimum atomic E-state index is -0.0518. The summed E-state index contributed by atoms with van der Waals surface area (Å²) in [5.74, 6) is 1.21. The molecule has 1 aliphatic carbocycles. The van der Waals surface area contributed by atoms with Crippen molar-refractivity contribution in [3.63, 3.8) is 0 Å². The molecule has 2 aliphatic heterocycles. The van der Waals surface area contributed by atoms with Crippen molar-refractivity contribution >= 4 is 11.9 Å². The lowest BCUT2D eigenvalue weighted by molar-refractivity contribution is -0.126. The van der Waals surface area contributed by atoms with Crippen molar-refractivity contribution in [2.45, 2.75) is 58.0 Å². The molecule has 0 radical (unpaired) electrons. The molecule has 3 atom stereocenters. The lowest BCUT2D eigenvalue weighted by Crippen LogP contribution is -2.64. The molecule has 1 saturated carbocycles. The Labute approximate surface area is 145 Å². The Morgan fingerprint density at radius 3 is 2.88 bits per heavy atom. The van der Waals surface area contributed by atoms with Crippen LogP contribution in [0.3, 0.4) is 0 Å². The molecule has 0 aromatic rings. The van der Waals surface area contributed by atoms with Crippen molar-refractivity contribution in [3.8, 4) is 0 Å². The normalized spacial score (nSPS) is 31.0. The fraction of sp³-hybridized carbons (Fsp3) is 0.889. The van der Waals surface area contributed by atoms with E-state index in [1.165, 1.54) is 0 Å². The van der Waals surface area contributed by atoms with Gasteiger partial charge in [0.1, 0.15) is 6.54 Å². The number of urea groups is 1. The Morgan fingerprint density at radius 2 is 2.08 bits per heavy atom. The van der Waals surface area contributed by atoms with Crippen molar-refractivity contribution in [2.75, 3.05) is 32.7 Å². The predicted octanol–water partition coefficient (Wildman–Crippen LogP) is 1.42. The lowest BCUT2D eigenvalue weighted by Gasteiger charge is -2.43. The van der Waals surface area contributed by atoms with Crippen molar-refractivity contribution in [1.82, 2.24) is 20.4 Å². The van der Waals surface area contributed by atoms with E-state index in [4.69, 9.17) is 0 Å². The summed E-state index contributed by atoms with van der Waals surface area (Å²) in [7, 11) is 0. The highest BCUT2D eigenvalue weighted by molar-refractivity contribution is 5.86. The monoisotopic (exact) mass is 336 g/mol. The molecule has 0 aromatic heterocycles. The second kappa shape index (κ2) is 7.72. The number of fused-ring (bicyclic) bond motifs is 1. The maximum Gasteiger partial charge on any atom is 0.318 e. The first kappa shape index (κ1) is 17.5. The van der Waals surface area contributed by atoms with Gasteiger partial charge in [-0.05, 0) is 37.6 Å². The molecule has 24 heavy (non-hydrogen) atoms. The summed E-state index contributed by atoms with van der Waals surface area (Å²) in [5, 5.41) is 6.16. The molecule has 3 fully saturated rings. The molecule has 2 N–H and O–H groups in total. The number of piperazine rings is 1. The van der Waals surface area contributed by atoms with Crippen LogP contribution in [0.4, 0.5) is 4.79 Å². The number of rotatable bonds is 4. The van der Waals surface area contributed by atoms with Gasteiger partial charge >= 0.3 is 6.03 Å². The van der Waals surface area contributed by atoms with Crippen molar-refractivity contribution in [3.05, 3.63) is 0 Å². The van der Waals surface area contributed by atoms with E-state index in [1.54, 1.807) is 4.90 Å². The van der Waals surface area contributed by atoms with Gasteiger partial charge in [-0.25, -0.2) is 4.79 Å². The van der Waals surface area contributed by atoms with Crippen molar-refractivity contribution in [1.29, 1.82) is 0 Å². The van der Waals surface area contributed by atoms with E-state index in [0.717, 1.165) is 58.3 Å². The van der Waals surface area contributed by atoms with Crippen LogP contribution in [0.25, 0.3) is 0 Å². The molecule has 0 aromatic carbocycles. The number of nitrogens with one attached hydrogen (secondary N) is 2. The van der Waals surface area contributed by atoms with Crippen LogP contribution in [0.5, 0.6) is 0 Å². The number of nitrogens with zero attached hydrogens (tertiary/aromatic N) is 2. The highest BCUT2D eigenvalue weighted by atomic mass is 16.2. The second-order valence-corrected chi connectivity index (χ2v) is 8.15. The summed E-state index contributed by atoms with van der Waals surface area (Å²) in [6, 6.07) is 0.278. The zero-order valence-corrected chi connectivity index (χ0v) is 15.1. The molecule has 3 aliphatic rings. The Morgan fingerprint density at radius 1 is 1.29 bits per heavy atom. The second-order valence-electron chi connectivity index (χ2n) is 8.15. The summed E-state index contributed by atoms with van der Waals surface area (Å²) >= 11 is 0. The van der Waals surface area contributed by atoms with E-state index < -0.39 is 0 Å². The predicted molar refractivity (Wildman–Crippen MR) is 93.7 cm³/mol. The molecule has 3 amide bonds. The number of carbonyl (C=O) groups is 2. The minimum Gasteiger partial charge on any atom is -0.350 e. The number of hydrogen-bond donors (Lipinski definition) is 2. The van der Waals surface area contributed by atoms with Gasteiger partial charge in [0.15, 0.2) is 0 Å². The van der Waals surface area contributed by atoms with Crippen LogP contribution in [-0.4, -0.2) is 66.5 Å². The molecule has 136 valence electrons. The van der Waals surface area contributed by atoms with E-state index in [9.17, 15) is 9.59 Å². The third kappa shape index (κ3) is 4.21. The fourth-order valence-electron chi connectivity index (χ4n) is 4.49. The maximum atomic E-state index is 12.6. The van der Waals surface area contributed by atoms with Crippen LogP contribution >= 0.6 is 0 Å². The lowest BCUT2D eigenvalue weighted by atomic mass is 9.87. The molecule has 0 bridgehead atoms. The van der Waals surface area contributed by atoms with Gasteiger partial charge in [0.25, 0.3) is 0 Å². The van der Waals surface area contributed by atoms with Gasteiger partial charge < -0.3 is 20.4 Å². The van der Waals surface area contributed by atoms with E-state index in [1.807, 2.05) is 0 Å². The van der Waals surface area contributed by atoms with Gasteiger partial charge in [0.2, 0.25) is 5.91 Å². The van der Waals surface area contributed by atoms with Gasteiger partial charge in [-0.3, -0.25) is 4.79 Å². The Kier molecular flexibility index (Phi) is 5.64. The van der Waals surface area contributed by atoms with E-state index in [0.29, 0.717) is 11.8 Å². The minimum absolute atomic E-state index is 0.0164. The molecule has 2 heterocycles. The van der Waals surface area contributed by atoms with Crippen LogP contribution < -0.4 is 10.6 Å². The zero-order valence-electron chi connectivity index (χ0n) is 15.1. The van der Waals surface area contributed by atoms with E-state index in [-0.39, 0.29) is 30.6 Å². The molecular weight excluding hydrogens is 304 g/mol. The van der Waals surface area contributed by atoms with Gasteiger partial charge in [-0.15, -0.1) is 0 Å². The molecule has 6 heteroatoms. The molecule has 0 spiro atoms. The summed E-state index contributed by atoms with van der Waals surface area (Å²) in [6.07, 6.45) is 5.44. The SMILES string of the molecule is CC(C)CN1CC[C@H](CNC(=O)N2CC(=O)N[C@@H]3CCCC[C@H]32)C1. The van der Waals surface area contributed by atoms with Crippen LogP contribution in [0.1, 0.15) is 46.0 Å². The quantitative estimate of drug-likeness (QED) is 0.816. The summed E-state index contributed by atoms with van der Waals surface area (Å²) < 4.78 is 0. The Hall–Kier alpha value is -1.30. The van der Waals surface area contributed by atoms with Crippen LogP contribution in [0, 0.1) is 11.8 Å². The first-order chi connectivity index (χ1) is 11.5.